The van der Waals surface area contributed by atoms with Crippen LogP contribution in [0.5, 0.6) is 0 Å². The van der Waals surface area contributed by atoms with Crippen molar-refractivity contribution in [3.63, 3.8) is 0 Å². The molecular weight excluding hydrogens is 421 g/mol. The summed E-state index contributed by atoms with van der Waals surface area (Å²) in [4.78, 5) is 27.7. The number of halogens is 2. The predicted molar refractivity (Wildman–Crippen MR) is 118 cm³/mol. The van der Waals surface area contributed by atoms with E-state index >= 15 is 0 Å². The van der Waals surface area contributed by atoms with Crippen molar-refractivity contribution >= 4 is 40.6 Å². The molecule has 1 N–H and O–H groups in total. The Kier molecular flexibility index (Phi) is 5.41. The second kappa shape index (κ2) is 7.88. The largest absolute Gasteiger partial charge is 0.375 e. The van der Waals surface area contributed by atoms with Crippen LogP contribution in [0.15, 0.2) is 66.7 Å². The first-order valence-electron chi connectivity index (χ1n) is 9.47. The summed E-state index contributed by atoms with van der Waals surface area (Å²) in [5.41, 5.74) is 1.22. The molecule has 30 heavy (non-hydrogen) atoms. The molecule has 6 heteroatoms. The van der Waals surface area contributed by atoms with E-state index in [4.69, 9.17) is 23.2 Å². The van der Waals surface area contributed by atoms with Gasteiger partial charge in [0.05, 0.1) is 18.7 Å². The molecule has 4 rings (SSSR count). The van der Waals surface area contributed by atoms with Gasteiger partial charge >= 0.3 is 0 Å². The maximum Gasteiger partial charge on any atom is 0.264 e. The van der Waals surface area contributed by atoms with E-state index in [-0.39, 0.29) is 18.7 Å². The average molecular weight is 440 g/mol. The van der Waals surface area contributed by atoms with Crippen LogP contribution in [0.4, 0.5) is 5.69 Å². The van der Waals surface area contributed by atoms with E-state index in [0.29, 0.717) is 32.4 Å². The number of carbonyl (C=O) groups excluding carboxylic acids is 2. The van der Waals surface area contributed by atoms with Crippen molar-refractivity contribution in [3.8, 4) is 0 Å². The van der Waals surface area contributed by atoms with Gasteiger partial charge < -0.3 is 10.0 Å². The van der Waals surface area contributed by atoms with Crippen LogP contribution in [0.25, 0.3) is 0 Å². The second-order valence-electron chi connectivity index (χ2n) is 7.47. The highest BCUT2D eigenvalue weighted by Gasteiger charge is 2.50. The van der Waals surface area contributed by atoms with Crippen LogP contribution in [0.1, 0.15) is 33.5 Å². The first kappa shape index (κ1) is 20.6. The third-order valence-corrected chi connectivity index (χ3v) is 5.96. The summed E-state index contributed by atoms with van der Waals surface area (Å²) in [5, 5.41) is 12.3. The van der Waals surface area contributed by atoms with Gasteiger partial charge in [0.2, 0.25) is 0 Å². The molecule has 0 unspecified atom stereocenters. The fraction of sp³-hybridized carbons (Fsp3) is 0.167. The second-order valence-corrected chi connectivity index (χ2v) is 8.31. The van der Waals surface area contributed by atoms with E-state index in [1.54, 1.807) is 54.6 Å². The lowest BCUT2D eigenvalue weighted by atomic mass is 9.88. The molecule has 0 saturated carbocycles. The molecule has 0 aliphatic carbocycles. The van der Waals surface area contributed by atoms with Crippen molar-refractivity contribution in [1.29, 1.82) is 0 Å². The van der Waals surface area contributed by atoms with Crippen molar-refractivity contribution in [2.45, 2.75) is 25.5 Å². The molecule has 0 bridgehead atoms. The van der Waals surface area contributed by atoms with Gasteiger partial charge in [-0.05, 0) is 30.7 Å². The molecule has 4 nitrogen and oxygen atoms in total. The summed E-state index contributed by atoms with van der Waals surface area (Å²) in [6.07, 6.45) is -0.337. The molecule has 3 aromatic rings. The fourth-order valence-corrected chi connectivity index (χ4v) is 4.20. The molecule has 1 aliphatic heterocycles. The Bertz CT molecular complexity index is 1140. The number of hydrogen-bond donors (Lipinski definition) is 1. The zero-order valence-corrected chi connectivity index (χ0v) is 17.7. The fourth-order valence-electron chi connectivity index (χ4n) is 3.73. The number of nitrogens with zero attached hydrogens (tertiary/aromatic N) is 1. The van der Waals surface area contributed by atoms with Crippen LogP contribution in [0, 0.1) is 6.92 Å². The molecule has 1 amide bonds. The van der Waals surface area contributed by atoms with Crippen LogP contribution in [0.2, 0.25) is 10.0 Å². The Morgan fingerprint density at radius 3 is 2.43 bits per heavy atom. The van der Waals surface area contributed by atoms with Crippen molar-refractivity contribution < 1.29 is 14.7 Å². The minimum Gasteiger partial charge on any atom is -0.375 e. The quantitative estimate of drug-likeness (QED) is 0.548. The summed E-state index contributed by atoms with van der Waals surface area (Å²) < 4.78 is 0. The highest BCUT2D eigenvalue weighted by molar-refractivity contribution is 6.35. The Morgan fingerprint density at radius 2 is 1.73 bits per heavy atom. The molecule has 1 aliphatic rings. The molecule has 3 aromatic carbocycles. The highest BCUT2D eigenvalue weighted by atomic mass is 35.5. The number of Topliss-reactive ketones (excluding diaryl/α,β-unsaturated/α-hetero) is 1. The lowest BCUT2D eigenvalue weighted by Gasteiger charge is -2.23. The predicted octanol–water partition coefficient (Wildman–Crippen LogP) is 5.31. The first-order chi connectivity index (χ1) is 14.3. The molecule has 1 atom stereocenters. The van der Waals surface area contributed by atoms with E-state index in [2.05, 4.69) is 0 Å². The monoisotopic (exact) mass is 439 g/mol. The molecule has 0 spiro atoms. The Balaban J connectivity index is 1.68. The number of anilines is 1. The van der Waals surface area contributed by atoms with Gasteiger partial charge in [-0.25, -0.2) is 0 Å². The maximum atomic E-state index is 13.3. The van der Waals surface area contributed by atoms with Crippen molar-refractivity contribution in [2.75, 3.05) is 4.90 Å². The summed E-state index contributed by atoms with van der Waals surface area (Å²) in [6.45, 7) is 2.09. The number of aliphatic hydroxyl groups is 1. The number of aryl methyl sites for hydroxylation is 1. The Hall–Kier alpha value is -2.66. The number of rotatable bonds is 5. The van der Waals surface area contributed by atoms with Gasteiger partial charge in [-0.3, -0.25) is 9.59 Å². The average Bonchev–Trinajstić information content (AvgIpc) is 2.92. The molecule has 0 saturated heterocycles. The van der Waals surface area contributed by atoms with E-state index in [1.807, 2.05) is 19.1 Å². The van der Waals surface area contributed by atoms with Crippen molar-refractivity contribution in [1.82, 2.24) is 0 Å². The zero-order chi connectivity index (χ0) is 21.5. The topological polar surface area (TPSA) is 57.6 Å². The van der Waals surface area contributed by atoms with Crippen LogP contribution in [-0.4, -0.2) is 16.8 Å². The molecular formula is C24H19Cl2NO3. The van der Waals surface area contributed by atoms with Crippen LogP contribution in [-0.2, 0) is 16.9 Å². The third-order valence-electron chi connectivity index (χ3n) is 5.37. The lowest BCUT2D eigenvalue weighted by molar-refractivity contribution is -0.136. The van der Waals surface area contributed by atoms with Gasteiger partial charge in [-0.15, -0.1) is 0 Å². The van der Waals surface area contributed by atoms with E-state index in [0.717, 1.165) is 5.56 Å². The maximum absolute atomic E-state index is 13.3. The van der Waals surface area contributed by atoms with Gasteiger partial charge in [-0.2, -0.15) is 0 Å². The Morgan fingerprint density at radius 1 is 1.03 bits per heavy atom. The number of ketones is 1. The molecule has 0 radical (unpaired) electrons. The molecule has 1 heterocycles. The highest BCUT2D eigenvalue weighted by Crippen LogP contribution is 2.44. The van der Waals surface area contributed by atoms with Crippen LogP contribution < -0.4 is 4.90 Å². The normalized spacial score (nSPS) is 17.9. The minimum atomic E-state index is -1.93. The van der Waals surface area contributed by atoms with E-state index < -0.39 is 11.5 Å². The van der Waals surface area contributed by atoms with Crippen molar-refractivity contribution in [3.05, 3.63) is 99.0 Å². The van der Waals surface area contributed by atoms with Gasteiger partial charge in [0.1, 0.15) is 0 Å². The number of hydrogen-bond acceptors (Lipinski definition) is 3. The first-order valence-corrected chi connectivity index (χ1v) is 10.2. The zero-order valence-electron chi connectivity index (χ0n) is 16.2. The number of fused-ring (bicyclic) bond motifs is 1. The Labute approximate surface area is 184 Å². The summed E-state index contributed by atoms with van der Waals surface area (Å²) >= 11 is 12.3. The summed E-state index contributed by atoms with van der Waals surface area (Å²) in [7, 11) is 0. The molecule has 0 aromatic heterocycles. The van der Waals surface area contributed by atoms with Crippen molar-refractivity contribution in [2.24, 2.45) is 0 Å². The smallest absolute Gasteiger partial charge is 0.264 e. The van der Waals surface area contributed by atoms with Gasteiger partial charge in [0, 0.05) is 21.2 Å². The number of amides is 1. The SMILES string of the molecule is Cc1ccc(C(=O)C[C@@]2(O)C(=O)N(Cc3ccc(Cl)cc3Cl)c3ccccc32)cc1. The van der Waals surface area contributed by atoms with Gasteiger partial charge in [-0.1, -0.05) is 77.3 Å². The van der Waals surface area contributed by atoms with Gasteiger partial charge in [0.25, 0.3) is 5.91 Å². The number of benzene rings is 3. The molecule has 152 valence electrons. The number of para-hydroxylation sites is 1. The van der Waals surface area contributed by atoms with Crippen LogP contribution in [0.3, 0.4) is 0 Å². The lowest BCUT2D eigenvalue weighted by Crippen LogP contribution is -2.41. The van der Waals surface area contributed by atoms with Gasteiger partial charge in [0.15, 0.2) is 11.4 Å². The standard InChI is InChI=1S/C24H19Cl2NO3/c1-15-6-8-16(9-7-15)22(28)13-24(30)19-4-2-3-5-21(19)27(23(24)29)14-17-10-11-18(25)12-20(17)26/h2-12,30H,13-14H2,1H3/t24-/m0/s1. The van der Waals surface area contributed by atoms with Crippen LogP contribution >= 0.6 is 23.2 Å². The molecule has 0 fully saturated rings. The summed E-state index contributed by atoms with van der Waals surface area (Å²) in [5.74, 6) is -0.845. The summed E-state index contributed by atoms with van der Waals surface area (Å²) in [6, 6.07) is 19.1. The minimum absolute atomic E-state index is 0.160. The number of carbonyl (C=O) groups is 2. The third kappa shape index (κ3) is 3.63. The van der Waals surface area contributed by atoms with E-state index in [1.165, 1.54) is 4.90 Å². The van der Waals surface area contributed by atoms with E-state index in [9.17, 15) is 14.7 Å².